The molecule has 2 amide bonds. The summed E-state index contributed by atoms with van der Waals surface area (Å²) in [5.41, 5.74) is 0.822. The molecule has 17 nitrogen and oxygen atoms in total. The number of phenolic OH excluding ortho intramolecular Hbond substituents is 1. The van der Waals surface area contributed by atoms with Crippen molar-refractivity contribution >= 4 is 49.9 Å². The maximum Gasteiger partial charge on any atom is 0.547 e. The fraction of sp³-hybridized carbons (Fsp3) is 0.526. The molecule has 312 valence electrons. The summed E-state index contributed by atoms with van der Waals surface area (Å²) >= 11 is 0. The third kappa shape index (κ3) is 14.7. The molecule has 1 heterocycles. The van der Waals surface area contributed by atoms with Crippen molar-refractivity contribution < 1.29 is 72.5 Å². The molecule has 2 aromatic carbocycles. The average molecular weight is 800 g/mol. The molecule has 0 saturated carbocycles. The normalized spacial score (nSPS) is 13.5. The van der Waals surface area contributed by atoms with Crippen LogP contribution in [0.5, 0.6) is 11.5 Å². The van der Waals surface area contributed by atoms with Gasteiger partial charge in [-0.3, -0.25) is 19.2 Å². The zero-order chi connectivity index (χ0) is 42.7. The number of aromatic hydroxyl groups is 1. The zero-order valence-corrected chi connectivity index (χ0v) is 33.3. The third-order valence-electron chi connectivity index (χ3n) is 9.23. The Morgan fingerprint density at radius 1 is 0.772 bits per heavy atom. The van der Waals surface area contributed by atoms with Crippen LogP contribution in [-0.2, 0) is 51.0 Å². The predicted molar refractivity (Wildman–Crippen MR) is 206 cm³/mol. The molecule has 0 radical (unpaired) electrons. The minimum absolute atomic E-state index is 0.121. The summed E-state index contributed by atoms with van der Waals surface area (Å²) in [6.45, 7) is 9.73. The smallest absolute Gasteiger partial charge is 0.534 e. The number of esters is 4. The molecule has 19 heteroatoms. The number of carbonyl (C=O) groups excluding carboxylic acids is 6. The summed E-state index contributed by atoms with van der Waals surface area (Å²) in [6.07, 6.45) is 3.15. The van der Waals surface area contributed by atoms with E-state index >= 15 is 0 Å². The van der Waals surface area contributed by atoms with Crippen LogP contribution in [0.4, 0.5) is 0 Å². The summed E-state index contributed by atoms with van der Waals surface area (Å²) in [5, 5.41) is 44.6. The monoisotopic (exact) mass is 800 g/mol. The van der Waals surface area contributed by atoms with E-state index in [0.717, 1.165) is 0 Å². The van der Waals surface area contributed by atoms with Gasteiger partial charge in [0.15, 0.2) is 0 Å². The van der Waals surface area contributed by atoms with Gasteiger partial charge in [0.05, 0.1) is 23.7 Å². The summed E-state index contributed by atoms with van der Waals surface area (Å²) in [6, 6.07) is 9.18. The van der Waals surface area contributed by atoms with Crippen molar-refractivity contribution in [2.45, 2.75) is 105 Å². The van der Waals surface area contributed by atoms with Gasteiger partial charge in [0.1, 0.15) is 22.6 Å². The van der Waals surface area contributed by atoms with E-state index in [1.165, 1.54) is 24.3 Å². The molecule has 0 fully saturated rings. The maximum atomic E-state index is 12.4. The van der Waals surface area contributed by atoms with Crippen molar-refractivity contribution in [2.75, 3.05) is 13.6 Å². The van der Waals surface area contributed by atoms with Gasteiger partial charge in [-0.1, -0.05) is 65.8 Å². The topological polar surface area (TPSA) is 254 Å². The summed E-state index contributed by atoms with van der Waals surface area (Å²) in [7, 11) is -3.14. The number of benzene rings is 2. The summed E-state index contributed by atoms with van der Waals surface area (Å²) < 4.78 is 25.3. The SMILES string of the molecule is CCC(=O)N[C@@H](Cc1cccc(C(=O)OCOC(=O)C(CC)CC)c1O)B(O)O.CCC(=O)N[C@H]1Cc2cccc(C(=O)OCOC(=O)C(CC)CC)c2OB1O. The number of rotatable bonds is 19. The lowest BCUT2D eigenvalue weighted by Gasteiger charge is -2.29. The second-order valence-electron chi connectivity index (χ2n) is 13.0. The molecule has 6 N–H and O–H groups in total. The molecule has 2 aromatic rings. The standard InChI is InChI=1S/C19H28BNO8.C19H26BNO7/c1-4-12(5-2)18(24)28-11-29-19(25)14-9-7-8-13(17(14)23)10-15(20(26)27)21-16(22)6-3;1-4-12(5-2)18(23)26-11-27-19(24)14-9-7-8-13-10-15(21-16(22)6-3)20(25)28-17(13)14/h7-9,12,15,23,26-27H,4-6,10-11H2,1-3H3,(H,21,22);7-9,12,15,25H,4-6,10-11H2,1-3H3,(H,21,22)/t2*15-/m00/s1. The second-order valence-corrected chi connectivity index (χ2v) is 13.0. The Balaban J connectivity index is 0.000000394. The highest BCUT2D eigenvalue weighted by atomic mass is 16.7. The highest BCUT2D eigenvalue weighted by Gasteiger charge is 2.38. The molecule has 0 saturated heterocycles. The van der Waals surface area contributed by atoms with Gasteiger partial charge in [0.25, 0.3) is 0 Å². The molecule has 57 heavy (non-hydrogen) atoms. The molecule has 3 rings (SSSR count). The minimum Gasteiger partial charge on any atom is -0.534 e. The van der Waals surface area contributed by atoms with Crippen LogP contribution in [0.1, 0.15) is 112 Å². The fourth-order valence-electron chi connectivity index (χ4n) is 5.63. The van der Waals surface area contributed by atoms with Crippen molar-refractivity contribution in [3.63, 3.8) is 0 Å². The molecule has 0 bridgehead atoms. The highest BCUT2D eigenvalue weighted by Crippen LogP contribution is 2.31. The van der Waals surface area contributed by atoms with Gasteiger partial charge in [0.2, 0.25) is 25.4 Å². The number of ether oxygens (including phenoxy) is 4. The van der Waals surface area contributed by atoms with Crippen LogP contribution < -0.4 is 15.3 Å². The van der Waals surface area contributed by atoms with E-state index in [0.29, 0.717) is 37.7 Å². The Hall–Kier alpha value is -5.13. The zero-order valence-electron chi connectivity index (χ0n) is 33.3. The Kier molecular flexibility index (Phi) is 20.6. The Morgan fingerprint density at radius 2 is 1.28 bits per heavy atom. The molecule has 0 aliphatic carbocycles. The Morgan fingerprint density at radius 3 is 1.79 bits per heavy atom. The number of amides is 2. The predicted octanol–water partition coefficient (Wildman–Crippen LogP) is 2.56. The Labute approximate surface area is 333 Å². The van der Waals surface area contributed by atoms with Gasteiger partial charge in [0, 0.05) is 12.8 Å². The molecule has 0 aromatic heterocycles. The minimum atomic E-state index is -1.86. The number of hydrogen-bond donors (Lipinski definition) is 6. The lowest BCUT2D eigenvalue weighted by Crippen LogP contribution is -2.53. The number of para-hydroxylation sites is 2. The van der Waals surface area contributed by atoms with Crippen molar-refractivity contribution in [2.24, 2.45) is 11.8 Å². The first kappa shape index (κ1) is 48.0. The van der Waals surface area contributed by atoms with E-state index in [1.807, 2.05) is 27.7 Å². The van der Waals surface area contributed by atoms with Crippen molar-refractivity contribution in [3.05, 3.63) is 58.7 Å². The number of fused-ring (bicyclic) bond motifs is 1. The molecular weight excluding hydrogens is 746 g/mol. The van der Waals surface area contributed by atoms with Crippen molar-refractivity contribution in [3.8, 4) is 11.5 Å². The lowest BCUT2D eigenvalue weighted by atomic mass is 9.72. The summed E-state index contributed by atoms with van der Waals surface area (Å²) in [4.78, 5) is 71.3. The first-order chi connectivity index (χ1) is 27.1. The first-order valence-corrected chi connectivity index (χ1v) is 19.0. The lowest BCUT2D eigenvalue weighted by molar-refractivity contribution is -0.158. The quantitative estimate of drug-likeness (QED) is 0.0679. The van der Waals surface area contributed by atoms with Crippen LogP contribution in [0.2, 0.25) is 0 Å². The highest BCUT2D eigenvalue weighted by molar-refractivity contribution is 6.47. The van der Waals surface area contributed by atoms with E-state index in [9.17, 15) is 48.9 Å². The second kappa shape index (κ2) is 24.5. The van der Waals surface area contributed by atoms with Crippen LogP contribution in [0, 0.1) is 11.8 Å². The number of carbonyl (C=O) groups is 6. The first-order valence-electron chi connectivity index (χ1n) is 19.0. The van der Waals surface area contributed by atoms with E-state index < -0.39 is 75.2 Å². The van der Waals surface area contributed by atoms with Gasteiger partial charge in [-0.15, -0.1) is 0 Å². The van der Waals surface area contributed by atoms with Gasteiger partial charge in [-0.25, -0.2) is 9.59 Å². The molecule has 1 aliphatic heterocycles. The molecular formula is C38H54B2N2O15. The molecule has 0 spiro atoms. The fourth-order valence-corrected chi connectivity index (χ4v) is 5.63. The van der Waals surface area contributed by atoms with Crippen LogP contribution in [-0.4, -0.2) is 95.6 Å². The van der Waals surface area contributed by atoms with Gasteiger partial charge in [-0.2, -0.15) is 0 Å². The summed E-state index contributed by atoms with van der Waals surface area (Å²) in [5.74, 6) is -5.48. The molecule has 1 aliphatic rings. The average Bonchev–Trinajstić information content (AvgIpc) is 3.19. The molecule has 0 unspecified atom stereocenters. The van der Waals surface area contributed by atoms with Crippen LogP contribution >= 0.6 is 0 Å². The number of phenols is 1. The number of nitrogens with one attached hydrogen (secondary N) is 2. The maximum absolute atomic E-state index is 12.4. The van der Waals surface area contributed by atoms with E-state index in [2.05, 4.69) is 10.6 Å². The van der Waals surface area contributed by atoms with Gasteiger partial charge in [-0.05, 0) is 61.8 Å². The largest absolute Gasteiger partial charge is 0.547 e. The van der Waals surface area contributed by atoms with E-state index in [1.54, 1.807) is 26.0 Å². The van der Waals surface area contributed by atoms with Crippen molar-refractivity contribution in [1.82, 2.24) is 10.6 Å². The van der Waals surface area contributed by atoms with Gasteiger partial charge < -0.3 is 54.4 Å². The van der Waals surface area contributed by atoms with E-state index in [-0.39, 0.29) is 59.4 Å². The van der Waals surface area contributed by atoms with Gasteiger partial charge >= 0.3 is 38.1 Å². The van der Waals surface area contributed by atoms with Crippen molar-refractivity contribution in [1.29, 1.82) is 0 Å². The van der Waals surface area contributed by atoms with E-state index in [4.69, 9.17) is 23.6 Å². The Bertz CT molecular complexity index is 1670. The van der Waals surface area contributed by atoms with Crippen LogP contribution in [0.15, 0.2) is 36.4 Å². The van der Waals surface area contributed by atoms with Crippen LogP contribution in [0.25, 0.3) is 0 Å². The number of hydrogen-bond acceptors (Lipinski definition) is 15. The van der Waals surface area contributed by atoms with Crippen LogP contribution in [0.3, 0.4) is 0 Å². The molecule has 2 atom stereocenters. The third-order valence-corrected chi connectivity index (χ3v) is 9.23.